The van der Waals surface area contributed by atoms with E-state index in [4.69, 9.17) is 4.74 Å². The average molecular weight is 389 g/mol. The molecule has 2 amide bonds. The zero-order valence-electron chi connectivity index (χ0n) is 16.0. The summed E-state index contributed by atoms with van der Waals surface area (Å²) in [7, 11) is 0. The summed E-state index contributed by atoms with van der Waals surface area (Å²) in [5.74, 6) is 0. The molecule has 0 bridgehead atoms. The van der Waals surface area contributed by atoms with E-state index in [2.05, 4.69) is 37.2 Å². The van der Waals surface area contributed by atoms with Crippen LogP contribution >= 0.6 is 0 Å². The molecule has 1 fully saturated rings. The number of aromatic nitrogens is 2. The number of urea groups is 1. The van der Waals surface area contributed by atoms with E-state index < -0.39 is 0 Å². The predicted octanol–water partition coefficient (Wildman–Crippen LogP) is 3.11. The molecular weight excluding hydrogens is 366 g/mol. The minimum atomic E-state index is -0.213. The normalized spacial score (nSPS) is 17.5. The van der Waals surface area contributed by atoms with Gasteiger partial charge in [-0.05, 0) is 29.8 Å². The van der Waals surface area contributed by atoms with Crippen LogP contribution in [0, 0.1) is 0 Å². The lowest BCUT2D eigenvalue weighted by atomic mass is 10.0. The number of ether oxygens (including phenoxy) is 1. The second kappa shape index (κ2) is 7.60. The van der Waals surface area contributed by atoms with Crippen molar-refractivity contribution in [3.05, 3.63) is 66.6 Å². The van der Waals surface area contributed by atoms with E-state index in [1.807, 2.05) is 48.9 Å². The number of rotatable bonds is 4. The van der Waals surface area contributed by atoms with Crippen molar-refractivity contribution >= 4 is 17.4 Å². The Morgan fingerprint density at radius 3 is 2.72 bits per heavy atom. The van der Waals surface area contributed by atoms with Crippen molar-refractivity contribution < 1.29 is 9.53 Å². The molecule has 1 saturated heterocycles. The standard InChI is InChI=1S/C22H23N5O2/c28-22(25-16-5-7-17(8-6-16)26-9-11-29-12-10-26)24-14-21-19-4-2-1-3-18(19)20-13-23-15-27(20)21/h1-8,13,15,21H,9-12,14H2,(H2,24,25,28). The third kappa shape index (κ3) is 3.45. The number of hydrogen-bond donors (Lipinski definition) is 2. The minimum Gasteiger partial charge on any atom is -0.378 e. The van der Waals surface area contributed by atoms with Gasteiger partial charge in [0.1, 0.15) is 0 Å². The molecule has 2 aromatic carbocycles. The summed E-state index contributed by atoms with van der Waals surface area (Å²) in [4.78, 5) is 19.0. The van der Waals surface area contributed by atoms with Crippen LogP contribution in [-0.2, 0) is 4.74 Å². The first-order valence-corrected chi connectivity index (χ1v) is 9.88. The molecule has 7 heteroatoms. The predicted molar refractivity (Wildman–Crippen MR) is 112 cm³/mol. The number of nitrogens with zero attached hydrogens (tertiary/aromatic N) is 3. The molecule has 5 rings (SSSR count). The topological polar surface area (TPSA) is 71.4 Å². The number of fused-ring (bicyclic) bond motifs is 3. The van der Waals surface area contributed by atoms with E-state index in [0.29, 0.717) is 6.54 Å². The van der Waals surface area contributed by atoms with Crippen LogP contribution in [0.4, 0.5) is 16.2 Å². The van der Waals surface area contributed by atoms with Gasteiger partial charge in [0.25, 0.3) is 0 Å². The monoisotopic (exact) mass is 389 g/mol. The van der Waals surface area contributed by atoms with Crippen LogP contribution in [0.1, 0.15) is 11.6 Å². The number of anilines is 2. The van der Waals surface area contributed by atoms with Crippen LogP contribution in [-0.4, -0.2) is 48.4 Å². The minimum absolute atomic E-state index is 0.0538. The van der Waals surface area contributed by atoms with Gasteiger partial charge in [0, 0.05) is 36.6 Å². The number of carbonyl (C=O) groups is 1. The summed E-state index contributed by atoms with van der Waals surface area (Å²) in [6, 6.07) is 16.0. The third-order valence-corrected chi connectivity index (χ3v) is 5.55. The molecule has 148 valence electrons. The number of benzene rings is 2. The molecule has 0 spiro atoms. The lowest BCUT2D eigenvalue weighted by Gasteiger charge is -2.28. The van der Waals surface area contributed by atoms with Crippen molar-refractivity contribution in [1.82, 2.24) is 14.9 Å². The molecule has 2 aliphatic rings. The molecule has 0 saturated carbocycles. The molecule has 2 aliphatic heterocycles. The summed E-state index contributed by atoms with van der Waals surface area (Å²) in [6.45, 7) is 3.80. The average Bonchev–Trinajstić information content (AvgIpc) is 3.35. The summed E-state index contributed by atoms with van der Waals surface area (Å²) in [5, 5.41) is 5.92. The van der Waals surface area contributed by atoms with Gasteiger partial charge in [0.05, 0.1) is 37.5 Å². The Morgan fingerprint density at radius 1 is 1.10 bits per heavy atom. The van der Waals surface area contributed by atoms with Crippen molar-refractivity contribution in [2.24, 2.45) is 0 Å². The third-order valence-electron chi connectivity index (χ3n) is 5.55. The van der Waals surface area contributed by atoms with Crippen molar-refractivity contribution in [2.45, 2.75) is 6.04 Å². The van der Waals surface area contributed by atoms with Gasteiger partial charge in [-0.25, -0.2) is 9.78 Å². The van der Waals surface area contributed by atoms with E-state index in [0.717, 1.165) is 43.4 Å². The quantitative estimate of drug-likeness (QED) is 0.719. The Balaban J connectivity index is 1.21. The van der Waals surface area contributed by atoms with Crippen LogP contribution in [0.2, 0.25) is 0 Å². The maximum absolute atomic E-state index is 12.4. The van der Waals surface area contributed by atoms with Gasteiger partial charge in [-0.15, -0.1) is 0 Å². The van der Waals surface area contributed by atoms with Gasteiger partial charge in [-0.1, -0.05) is 24.3 Å². The maximum atomic E-state index is 12.4. The van der Waals surface area contributed by atoms with Crippen LogP contribution < -0.4 is 15.5 Å². The SMILES string of the molecule is O=C(NCC1c2ccccc2-c2cncn21)Nc1ccc(N2CCOCC2)cc1. The lowest BCUT2D eigenvalue weighted by Crippen LogP contribution is -2.36. The number of hydrogen-bond acceptors (Lipinski definition) is 4. The van der Waals surface area contributed by atoms with Gasteiger partial charge in [-0.3, -0.25) is 0 Å². The first kappa shape index (κ1) is 17.8. The summed E-state index contributed by atoms with van der Waals surface area (Å²) >= 11 is 0. The summed E-state index contributed by atoms with van der Waals surface area (Å²) in [5.41, 5.74) is 5.39. The molecule has 0 aliphatic carbocycles. The number of amides is 2. The molecule has 1 unspecified atom stereocenters. The van der Waals surface area contributed by atoms with Crippen LogP contribution in [0.15, 0.2) is 61.1 Å². The molecular formula is C22H23N5O2. The number of nitrogens with one attached hydrogen (secondary N) is 2. The van der Waals surface area contributed by atoms with E-state index in [1.165, 1.54) is 11.1 Å². The second-order valence-corrected chi connectivity index (χ2v) is 7.27. The highest BCUT2D eigenvalue weighted by atomic mass is 16.5. The van der Waals surface area contributed by atoms with Crippen LogP contribution in [0.3, 0.4) is 0 Å². The Kier molecular flexibility index (Phi) is 4.65. The fourth-order valence-corrected chi connectivity index (χ4v) is 4.08. The highest BCUT2D eigenvalue weighted by Gasteiger charge is 2.28. The Labute approximate surface area is 169 Å². The first-order valence-electron chi connectivity index (χ1n) is 9.88. The van der Waals surface area contributed by atoms with Crippen LogP contribution in [0.25, 0.3) is 11.3 Å². The first-order chi connectivity index (χ1) is 14.3. The molecule has 3 heterocycles. The van der Waals surface area contributed by atoms with E-state index in [1.54, 1.807) is 0 Å². The van der Waals surface area contributed by atoms with Crippen molar-refractivity contribution in [3.63, 3.8) is 0 Å². The highest BCUT2D eigenvalue weighted by Crippen LogP contribution is 2.38. The molecule has 7 nitrogen and oxygen atoms in total. The number of morpholine rings is 1. The van der Waals surface area contributed by atoms with E-state index >= 15 is 0 Å². The molecule has 0 radical (unpaired) electrons. The molecule has 1 atom stereocenters. The fourth-order valence-electron chi connectivity index (χ4n) is 4.08. The van der Waals surface area contributed by atoms with Crippen molar-refractivity contribution in [2.75, 3.05) is 43.1 Å². The van der Waals surface area contributed by atoms with Gasteiger partial charge in [-0.2, -0.15) is 0 Å². The van der Waals surface area contributed by atoms with Gasteiger partial charge >= 0.3 is 6.03 Å². The Hall–Kier alpha value is -3.32. The van der Waals surface area contributed by atoms with Gasteiger partial charge in [0.15, 0.2) is 0 Å². The molecule has 1 aromatic heterocycles. The van der Waals surface area contributed by atoms with Gasteiger partial charge in [0.2, 0.25) is 0 Å². The zero-order valence-corrected chi connectivity index (χ0v) is 16.0. The zero-order chi connectivity index (χ0) is 19.6. The Morgan fingerprint density at radius 2 is 1.90 bits per heavy atom. The summed E-state index contributed by atoms with van der Waals surface area (Å²) < 4.78 is 7.51. The fraction of sp³-hybridized carbons (Fsp3) is 0.273. The van der Waals surface area contributed by atoms with E-state index in [9.17, 15) is 4.79 Å². The molecule has 3 aromatic rings. The number of carbonyl (C=O) groups excluding carboxylic acids is 1. The largest absolute Gasteiger partial charge is 0.378 e. The van der Waals surface area contributed by atoms with Gasteiger partial charge < -0.3 is 24.8 Å². The lowest BCUT2D eigenvalue weighted by molar-refractivity contribution is 0.122. The highest BCUT2D eigenvalue weighted by molar-refractivity contribution is 5.89. The number of imidazole rings is 1. The molecule has 2 N–H and O–H groups in total. The second-order valence-electron chi connectivity index (χ2n) is 7.27. The smallest absolute Gasteiger partial charge is 0.319 e. The van der Waals surface area contributed by atoms with Crippen molar-refractivity contribution in [1.29, 1.82) is 0 Å². The maximum Gasteiger partial charge on any atom is 0.319 e. The van der Waals surface area contributed by atoms with Crippen molar-refractivity contribution in [3.8, 4) is 11.3 Å². The van der Waals surface area contributed by atoms with E-state index in [-0.39, 0.29) is 12.1 Å². The summed E-state index contributed by atoms with van der Waals surface area (Å²) in [6.07, 6.45) is 3.69. The van der Waals surface area contributed by atoms with Crippen LogP contribution in [0.5, 0.6) is 0 Å². The Bertz CT molecular complexity index is 1010. The molecule has 29 heavy (non-hydrogen) atoms.